The standard InChI is InChI=1S/C15H24N2O/c1-11-5-6-13(9-12(11)2)14(18)17-10-15(3,4)7-8-16/h5-6,9H,7-8,10,16H2,1-4H3,(H,17,18). The third kappa shape index (κ3) is 4.15. The highest BCUT2D eigenvalue weighted by Crippen LogP contribution is 2.18. The molecular formula is C15H24N2O. The first kappa shape index (κ1) is 14.7. The van der Waals surface area contributed by atoms with Gasteiger partial charge in [-0.3, -0.25) is 4.79 Å². The molecule has 0 heterocycles. The number of amides is 1. The molecule has 18 heavy (non-hydrogen) atoms. The van der Waals surface area contributed by atoms with E-state index >= 15 is 0 Å². The predicted octanol–water partition coefficient (Wildman–Crippen LogP) is 2.41. The maximum absolute atomic E-state index is 12.0. The highest BCUT2D eigenvalue weighted by molar-refractivity contribution is 5.94. The molecule has 0 saturated carbocycles. The van der Waals surface area contributed by atoms with Crippen LogP contribution in [0.15, 0.2) is 18.2 Å². The van der Waals surface area contributed by atoms with Crippen LogP contribution in [-0.4, -0.2) is 19.0 Å². The minimum Gasteiger partial charge on any atom is -0.352 e. The Hall–Kier alpha value is -1.35. The van der Waals surface area contributed by atoms with E-state index in [0.29, 0.717) is 13.1 Å². The molecule has 1 aromatic carbocycles. The number of hydrogen-bond acceptors (Lipinski definition) is 2. The zero-order chi connectivity index (χ0) is 13.8. The fourth-order valence-corrected chi connectivity index (χ4v) is 1.78. The first-order chi connectivity index (χ1) is 8.35. The lowest BCUT2D eigenvalue weighted by Crippen LogP contribution is -2.35. The number of rotatable bonds is 5. The van der Waals surface area contributed by atoms with Gasteiger partial charge >= 0.3 is 0 Å². The molecule has 3 heteroatoms. The maximum Gasteiger partial charge on any atom is 0.251 e. The van der Waals surface area contributed by atoms with Gasteiger partial charge in [-0.1, -0.05) is 19.9 Å². The highest BCUT2D eigenvalue weighted by Gasteiger charge is 2.18. The topological polar surface area (TPSA) is 55.1 Å². The molecule has 3 N–H and O–H groups in total. The molecule has 0 bridgehead atoms. The third-order valence-electron chi connectivity index (χ3n) is 3.32. The average molecular weight is 248 g/mol. The van der Waals surface area contributed by atoms with Gasteiger partial charge in [0.15, 0.2) is 0 Å². The lowest BCUT2D eigenvalue weighted by Gasteiger charge is -2.24. The fourth-order valence-electron chi connectivity index (χ4n) is 1.78. The zero-order valence-electron chi connectivity index (χ0n) is 11.8. The van der Waals surface area contributed by atoms with E-state index in [1.54, 1.807) is 0 Å². The number of nitrogens with one attached hydrogen (secondary N) is 1. The Labute approximate surface area is 110 Å². The largest absolute Gasteiger partial charge is 0.352 e. The first-order valence-corrected chi connectivity index (χ1v) is 6.41. The number of aryl methyl sites for hydroxylation is 2. The lowest BCUT2D eigenvalue weighted by molar-refractivity contribution is 0.0935. The van der Waals surface area contributed by atoms with Crippen LogP contribution in [-0.2, 0) is 0 Å². The Morgan fingerprint density at radius 3 is 2.50 bits per heavy atom. The predicted molar refractivity (Wildman–Crippen MR) is 75.7 cm³/mol. The van der Waals surface area contributed by atoms with Crippen molar-refractivity contribution in [2.24, 2.45) is 11.1 Å². The van der Waals surface area contributed by atoms with E-state index in [1.807, 2.05) is 32.0 Å². The Morgan fingerprint density at radius 2 is 1.94 bits per heavy atom. The number of hydrogen-bond donors (Lipinski definition) is 2. The summed E-state index contributed by atoms with van der Waals surface area (Å²) in [5.41, 5.74) is 8.67. The van der Waals surface area contributed by atoms with Gasteiger partial charge in [-0.05, 0) is 55.5 Å². The van der Waals surface area contributed by atoms with Gasteiger partial charge in [0.25, 0.3) is 5.91 Å². The summed E-state index contributed by atoms with van der Waals surface area (Å²) >= 11 is 0. The van der Waals surface area contributed by atoms with Crippen LogP contribution in [0.2, 0.25) is 0 Å². The molecule has 1 rings (SSSR count). The van der Waals surface area contributed by atoms with Gasteiger partial charge in [-0.2, -0.15) is 0 Å². The number of benzene rings is 1. The molecule has 0 aliphatic rings. The van der Waals surface area contributed by atoms with E-state index in [2.05, 4.69) is 19.2 Å². The summed E-state index contributed by atoms with van der Waals surface area (Å²) in [6.07, 6.45) is 0.903. The highest BCUT2D eigenvalue weighted by atomic mass is 16.1. The fraction of sp³-hybridized carbons (Fsp3) is 0.533. The summed E-state index contributed by atoms with van der Waals surface area (Å²) in [6.45, 7) is 9.58. The van der Waals surface area contributed by atoms with Gasteiger partial charge in [0.1, 0.15) is 0 Å². The van der Waals surface area contributed by atoms with E-state index in [4.69, 9.17) is 5.73 Å². The van der Waals surface area contributed by atoms with Gasteiger partial charge in [0, 0.05) is 12.1 Å². The van der Waals surface area contributed by atoms with E-state index in [0.717, 1.165) is 17.5 Å². The van der Waals surface area contributed by atoms with Gasteiger partial charge < -0.3 is 11.1 Å². The molecule has 0 saturated heterocycles. The molecule has 1 amide bonds. The summed E-state index contributed by atoms with van der Waals surface area (Å²) in [5.74, 6) is -0.0109. The second-order valence-corrected chi connectivity index (χ2v) is 5.68. The zero-order valence-corrected chi connectivity index (χ0v) is 11.8. The number of nitrogens with two attached hydrogens (primary N) is 1. The summed E-state index contributed by atoms with van der Waals surface area (Å²) in [4.78, 5) is 12.0. The third-order valence-corrected chi connectivity index (χ3v) is 3.32. The van der Waals surface area contributed by atoms with Crippen LogP contribution in [0.3, 0.4) is 0 Å². The second kappa shape index (κ2) is 6.01. The monoisotopic (exact) mass is 248 g/mol. The first-order valence-electron chi connectivity index (χ1n) is 6.41. The SMILES string of the molecule is Cc1ccc(C(=O)NCC(C)(C)CCN)cc1C. The molecule has 0 aliphatic heterocycles. The molecule has 100 valence electrons. The van der Waals surface area contributed by atoms with Gasteiger partial charge in [0.2, 0.25) is 0 Å². The van der Waals surface area contributed by atoms with E-state index in [-0.39, 0.29) is 11.3 Å². The minimum atomic E-state index is -0.0109. The molecule has 1 aromatic rings. The van der Waals surface area contributed by atoms with Crippen LogP contribution >= 0.6 is 0 Å². The molecule has 0 aromatic heterocycles. The second-order valence-electron chi connectivity index (χ2n) is 5.68. The van der Waals surface area contributed by atoms with Crippen molar-refractivity contribution in [3.05, 3.63) is 34.9 Å². The summed E-state index contributed by atoms with van der Waals surface area (Å²) < 4.78 is 0. The van der Waals surface area contributed by atoms with Crippen molar-refractivity contribution in [3.63, 3.8) is 0 Å². The quantitative estimate of drug-likeness (QED) is 0.840. The molecule has 0 atom stereocenters. The van der Waals surface area contributed by atoms with Crippen LogP contribution in [0.4, 0.5) is 0 Å². The normalized spacial score (nSPS) is 11.4. The minimum absolute atomic E-state index is 0.0109. The van der Waals surface area contributed by atoms with Crippen molar-refractivity contribution >= 4 is 5.91 Å². The van der Waals surface area contributed by atoms with Crippen molar-refractivity contribution in [1.82, 2.24) is 5.32 Å². The van der Waals surface area contributed by atoms with Gasteiger partial charge in [-0.25, -0.2) is 0 Å². The molecule has 0 spiro atoms. The van der Waals surface area contributed by atoms with Crippen LogP contribution in [0, 0.1) is 19.3 Å². The van der Waals surface area contributed by atoms with E-state index in [9.17, 15) is 4.79 Å². The molecule has 0 radical (unpaired) electrons. The maximum atomic E-state index is 12.0. The Bertz CT molecular complexity index is 425. The summed E-state index contributed by atoms with van der Waals surface area (Å²) in [7, 11) is 0. The van der Waals surface area contributed by atoms with E-state index in [1.165, 1.54) is 5.56 Å². The number of carbonyl (C=O) groups is 1. The van der Waals surface area contributed by atoms with Crippen LogP contribution in [0.1, 0.15) is 41.8 Å². The van der Waals surface area contributed by atoms with E-state index < -0.39 is 0 Å². The molecule has 0 aliphatic carbocycles. The Kier molecular flexibility index (Phi) is 4.91. The van der Waals surface area contributed by atoms with Crippen molar-refractivity contribution in [3.8, 4) is 0 Å². The van der Waals surface area contributed by atoms with Crippen molar-refractivity contribution < 1.29 is 4.79 Å². The van der Waals surface area contributed by atoms with Gasteiger partial charge in [0.05, 0.1) is 0 Å². The summed E-state index contributed by atoms with van der Waals surface area (Å²) in [5, 5.41) is 2.98. The van der Waals surface area contributed by atoms with Crippen molar-refractivity contribution in [1.29, 1.82) is 0 Å². The Balaban J connectivity index is 2.63. The molecule has 3 nitrogen and oxygen atoms in total. The van der Waals surface area contributed by atoms with Crippen molar-refractivity contribution in [2.75, 3.05) is 13.1 Å². The van der Waals surface area contributed by atoms with Crippen LogP contribution in [0.5, 0.6) is 0 Å². The van der Waals surface area contributed by atoms with Crippen LogP contribution < -0.4 is 11.1 Å². The average Bonchev–Trinajstić information content (AvgIpc) is 2.30. The van der Waals surface area contributed by atoms with Crippen molar-refractivity contribution in [2.45, 2.75) is 34.1 Å². The molecule has 0 unspecified atom stereocenters. The lowest BCUT2D eigenvalue weighted by atomic mass is 9.89. The Morgan fingerprint density at radius 1 is 1.28 bits per heavy atom. The smallest absolute Gasteiger partial charge is 0.251 e. The number of carbonyl (C=O) groups excluding carboxylic acids is 1. The molecule has 0 fully saturated rings. The van der Waals surface area contributed by atoms with Crippen LogP contribution in [0.25, 0.3) is 0 Å². The van der Waals surface area contributed by atoms with Gasteiger partial charge in [-0.15, -0.1) is 0 Å². The molecular weight excluding hydrogens is 224 g/mol. The summed E-state index contributed by atoms with van der Waals surface area (Å²) in [6, 6.07) is 5.78.